The lowest BCUT2D eigenvalue weighted by Crippen LogP contribution is -2.15. The fraction of sp³-hybridized carbons (Fsp3) is 0. The fourth-order valence-corrected chi connectivity index (χ4v) is 1.15. The second-order valence-corrected chi connectivity index (χ2v) is 2.44. The molecule has 0 aliphatic heterocycles. The number of nitrogens with zero attached hydrogens (tertiary/aromatic N) is 4. The summed E-state index contributed by atoms with van der Waals surface area (Å²) >= 11 is 1.26. The van der Waals surface area contributed by atoms with Gasteiger partial charge in [-0.15, -0.1) is 4.68 Å². The standard InChI is InChI=1S/C4H3N5OS/c10-4-5-7-8-9(4)3-1-2-11-6-3/h1-2H,(H,5,8,10). The van der Waals surface area contributed by atoms with Crippen LogP contribution in [0.5, 0.6) is 0 Å². The quantitative estimate of drug-likeness (QED) is 0.619. The molecule has 0 saturated heterocycles. The summed E-state index contributed by atoms with van der Waals surface area (Å²) in [7, 11) is 0. The summed E-state index contributed by atoms with van der Waals surface area (Å²) in [5.41, 5.74) is -0.379. The van der Waals surface area contributed by atoms with Gasteiger partial charge in [-0.1, -0.05) is 0 Å². The monoisotopic (exact) mass is 169 g/mol. The molecule has 0 saturated carbocycles. The van der Waals surface area contributed by atoms with Crippen molar-refractivity contribution in [1.29, 1.82) is 0 Å². The van der Waals surface area contributed by atoms with Crippen molar-refractivity contribution < 1.29 is 0 Å². The second kappa shape index (κ2) is 2.27. The molecule has 6 nitrogen and oxygen atoms in total. The summed E-state index contributed by atoms with van der Waals surface area (Å²) in [6.45, 7) is 0. The van der Waals surface area contributed by atoms with Gasteiger partial charge >= 0.3 is 5.69 Å². The molecular weight excluding hydrogens is 166 g/mol. The summed E-state index contributed by atoms with van der Waals surface area (Å²) in [5.74, 6) is 0.494. The second-order valence-electron chi connectivity index (χ2n) is 1.78. The van der Waals surface area contributed by atoms with E-state index in [1.54, 1.807) is 11.4 Å². The number of aromatic nitrogens is 5. The number of nitrogens with one attached hydrogen (secondary N) is 1. The van der Waals surface area contributed by atoms with Gasteiger partial charge in [-0.2, -0.15) is 4.37 Å². The number of rotatable bonds is 1. The molecule has 1 N–H and O–H groups in total. The molecule has 0 unspecified atom stereocenters. The van der Waals surface area contributed by atoms with Gasteiger partial charge in [-0.25, -0.2) is 9.89 Å². The zero-order valence-electron chi connectivity index (χ0n) is 5.26. The van der Waals surface area contributed by atoms with Crippen LogP contribution in [0.4, 0.5) is 0 Å². The predicted molar refractivity (Wildman–Crippen MR) is 37.7 cm³/mol. The summed E-state index contributed by atoms with van der Waals surface area (Å²) in [6.07, 6.45) is 0. The van der Waals surface area contributed by atoms with E-state index in [1.165, 1.54) is 11.5 Å². The van der Waals surface area contributed by atoms with Crippen LogP contribution in [0.1, 0.15) is 0 Å². The average molecular weight is 169 g/mol. The van der Waals surface area contributed by atoms with Gasteiger partial charge in [0, 0.05) is 5.38 Å². The molecule has 56 valence electrons. The molecule has 0 atom stereocenters. The van der Waals surface area contributed by atoms with Crippen molar-refractivity contribution in [1.82, 2.24) is 24.6 Å². The molecule has 0 aliphatic carbocycles. The lowest BCUT2D eigenvalue weighted by Gasteiger charge is -1.85. The molecule has 0 radical (unpaired) electrons. The fourth-order valence-electron chi connectivity index (χ4n) is 0.663. The van der Waals surface area contributed by atoms with Crippen LogP contribution in [0.3, 0.4) is 0 Å². The Morgan fingerprint density at radius 2 is 2.55 bits per heavy atom. The Morgan fingerprint density at radius 3 is 3.09 bits per heavy atom. The Balaban J connectivity index is 2.62. The SMILES string of the molecule is O=c1[nH]nnn1-c1ccsn1. The first-order chi connectivity index (χ1) is 5.38. The van der Waals surface area contributed by atoms with E-state index in [0.29, 0.717) is 5.82 Å². The molecule has 0 aromatic carbocycles. The predicted octanol–water partition coefficient (Wildman–Crippen LogP) is -0.588. The van der Waals surface area contributed by atoms with Crippen LogP contribution < -0.4 is 5.69 Å². The zero-order valence-corrected chi connectivity index (χ0v) is 6.08. The molecule has 2 aromatic heterocycles. The molecule has 0 spiro atoms. The third kappa shape index (κ3) is 0.944. The maximum absolute atomic E-state index is 10.9. The number of hydrogen-bond acceptors (Lipinski definition) is 5. The number of aromatic amines is 1. The molecule has 0 aliphatic rings. The summed E-state index contributed by atoms with van der Waals surface area (Å²) in [4.78, 5) is 10.9. The lowest BCUT2D eigenvalue weighted by atomic mass is 10.7. The van der Waals surface area contributed by atoms with E-state index in [0.717, 1.165) is 4.68 Å². The van der Waals surface area contributed by atoms with Gasteiger partial charge in [0.1, 0.15) is 0 Å². The van der Waals surface area contributed by atoms with Crippen LogP contribution in [-0.4, -0.2) is 24.6 Å². The number of H-pyrrole nitrogens is 1. The summed E-state index contributed by atoms with van der Waals surface area (Å²) < 4.78 is 5.00. The van der Waals surface area contributed by atoms with Gasteiger partial charge in [-0.05, 0) is 28.0 Å². The molecule has 7 heteroatoms. The first-order valence-electron chi connectivity index (χ1n) is 2.79. The van der Waals surface area contributed by atoms with Crippen molar-refractivity contribution >= 4 is 11.5 Å². The molecule has 2 heterocycles. The van der Waals surface area contributed by atoms with E-state index in [1.807, 2.05) is 0 Å². The van der Waals surface area contributed by atoms with Crippen molar-refractivity contribution in [2.24, 2.45) is 0 Å². The molecule has 2 rings (SSSR count). The number of hydrogen-bond donors (Lipinski definition) is 1. The average Bonchev–Trinajstić information content (AvgIpc) is 2.55. The van der Waals surface area contributed by atoms with Gasteiger partial charge in [0.25, 0.3) is 0 Å². The third-order valence-corrected chi connectivity index (χ3v) is 1.66. The maximum Gasteiger partial charge on any atom is 0.367 e. The topological polar surface area (TPSA) is 76.5 Å². The van der Waals surface area contributed by atoms with Crippen LogP contribution >= 0.6 is 11.5 Å². The lowest BCUT2D eigenvalue weighted by molar-refractivity contribution is 0.768. The van der Waals surface area contributed by atoms with E-state index in [4.69, 9.17) is 0 Å². The normalized spacial score (nSPS) is 10.2. The molecule has 11 heavy (non-hydrogen) atoms. The maximum atomic E-state index is 10.9. The zero-order chi connectivity index (χ0) is 7.68. The molecule has 0 bridgehead atoms. The Labute approximate surface area is 64.6 Å². The van der Waals surface area contributed by atoms with E-state index >= 15 is 0 Å². The smallest absolute Gasteiger partial charge is 0.244 e. The van der Waals surface area contributed by atoms with E-state index in [-0.39, 0.29) is 5.69 Å². The van der Waals surface area contributed by atoms with Crippen LogP contribution in [0.25, 0.3) is 5.82 Å². The highest BCUT2D eigenvalue weighted by molar-refractivity contribution is 7.03. The highest BCUT2D eigenvalue weighted by Gasteiger charge is 2.02. The summed E-state index contributed by atoms with van der Waals surface area (Å²) in [5, 5.41) is 10.7. The highest BCUT2D eigenvalue weighted by Crippen LogP contribution is 2.00. The Kier molecular flexibility index (Phi) is 1.29. The van der Waals surface area contributed by atoms with Crippen molar-refractivity contribution in [3.8, 4) is 5.82 Å². The Morgan fingerprint density at radius 1 is 1.64 bits per heavy atom. The largest absolute Gasteiger partial charge is 0.367 e. The summed E-state index contributed by atoms with van der Waals surface area (Å²) in [6, 6.07) is 1.69. The Bertz CT molecular complexity index is 387. The first kappa shape index (κ1) is 6.23. The minimum absolute atomic E-state index is 0.379. The van der Waals surface area contributed by atoms with Crippen LogP contribution in [0.2, 0.25) is 0 Å². The van der Waals surface area contributed by atoms with E-state index in [9.17, 15) is 4.79 Å². The minimum atomic E-state index is -0.379. The van der Waals surface area contributed by atoms with Crippen molar-refractivity contribution in [3.63, 3.8) is 0 Å². The van der Waals surface area contributed by atoms with Crippen LogP contribution in [0.15, 0.2) is 16.2 Å². The van der Waals surface area contributed by atoms with Gasteiger partial charge in [0.2, 0.25) is 0 Å². The Hall–Kier alpha value is -1.50. The number of tetrazole rings is 1. The minimum Gasteiger partial charge on any atom is -0.244 e. The van der Waals surface area contributed by atoms with Crippen molar-refractivity contribution in [3.05, 3.63) is 21.9 Å². The molecule has 2 aromatic rings. The van der Waals surface area contributed by atoms with Gasteiger partial charge in [-0.3, -0.25) is 0 Å². The van der Waals surface area contributed by atoms with Crippen LogP contribution in [-0.2, 0) is 0 Å². The van der Waals surface area contributed by atoms with E-state index in [2.05, 4.69) is 19.9 Å². The van der Waals surface area contributed by atoms with Crippen molar-refractivity contribution in [2.75, 3.05) is 0 Å². The van der Waals surface area contributed by atoms with E-state index < -0.39 is 0 Å². The molecule has 0 fully saturated rings. The van der Waals surface area contributed by atoms with Gasteiger partial charge in [0.05, 0.1) is 0 Å². The van der Waals surface area contributed by atoms with Crippen LogP contribution in [0, 0.1) is 0 Å². The highest BCUT2D eigenvalue weighted by atomic mass is 32.1. The molecule has 0 amide bonds. The van der Waals surface area contributed by atoms with Crippen molar-refractivity contribution in [2.45, 2.75) is 0 Å². The van der Waals surface area contributed by atoms with Gasteiger partial charge < -0.3 is 0 Å². The molecular formula is C4H3N5OS. The third-order valence-electron chi connectivity index (χ3n) is 1.11. The first-order valence-corrected chi connectivity index (χ1v) is 3.63. The van der Waals surface area contributed by atoms with Gasteiger partial charge in [0.15, 0.2) is 5.82 Å².